The topological polar surface area (TPSA) is 117 Å². The van der Waals surface area contributed by atoms with Crippen LogP contribution in [0.4, 0.5) is 5.69 Å². The zero-order chi connectivity index (χ0) is 22.8. The molecule has 3 aliphatic rings. The number of ketones is 1. The minimum atomic E-state index is -0.358. The van der Waals surface area contributed by atoms with Crippen LogP contribution in [0.3, 0.4) is 0 Å². The van der Waals surface area contributed by atoms with E-state index in [2.05, 4.69) is 29.4 Å². The van der Waals surface area contributed by atoms with Gasteiger partial charge in [-0.05, 0) is 50.4 Å². The summed E-state index contributed by atoms with van der Waals surface area (Å²) in [5.41, 5.74) is 8.76. The van der Waals surface area contributed by atoms with Gasteiger partial charge in [0.15, 0.2) is 5.78 Å². The average Bonchev–Trinajstić information content (AvgIpc) is 3.33. The first kappa shape index (κ1) is 22.3. The molecule has 4 rings (SSSR count). The lowest BCUT2D eigenvalue weighted by atomic mass is 9.92. The third-order valence-electron chi connectivity index (χ3n) is 6.84. The average molecular weight is 438 g/mol. The van der Waals surface area contributed by atoms with E-state index in [-0.39, 0.29) is 42.0 Å². The molecule has 32 heavy (non-hydrogen) atoms. The molecule has 1 aromatic carbocycles. The number of carbonyl (C=O) groups is 3. The lowest BCUT2D eigenvalue weighted by Crippen LogP contribution is -2.42. The van der Waals surface area contributed by atoms with Crippen molar-refractivity contribution in [3.63, 3.8) is 0 Å². The molecule has 3 N–H and O–H groups in total. The molecule has 2 amide bonds. The smallest absolute Gasteiger partial charge is 0.238 e. The SMILES string of the molecule is CCCC(CC)C1=C2C(=O)c3c(NC(=O)CN4CCC(C(N)=O)CC4)cccc3C2N=N1. The third kappa shape index (κ3) is 4.11. The minimum absolute atomic E-state index is 0.0716. The number of carbonyl (C=O) groups excluding carboxylic acids is 3. The summed E-state index contributed by atoms with van der Waals surface area (Å²) < 4.78 is 0. The summed E-state index contributed by atoms with van der Waals surface area (Å²) >= 11 is 0. The van der Waals surface area contributed by atoms with Gasteiger partial charge in [0.2, 0.25) is 11.8 Å². The van der Waals surface area contributed by atoms with E-state index in [9.17, 15) is 14.4 Å². The largest absolute Gasteiger partial charge is 0.369 e. The molecule has 1 fully saturated rings. The molecule has 1 saturated heterocycles. The van der Waals surface area contributed by atoms with Crippen LogP contribution >= 0.6 is 0 Å². The number of fused-ring (bicyclic) bond motifs is 3. The number of Topliss-reactive ketones (excluding diaryl/α,β-unsaturated/α-hetero) is 1. The Labute approximate surface area is 188 Å². The highest BCUT2D eigenvalue weighted by Crippen LogP contribution is 2.48. The molecule has 170 valence electrons. The maximum Gasteiger partial charge on any atom is 0.238 e. The van der Waals surface area contributed by atoms with Gasteiger partial charge >= 0.3 is 0 Å². The molecule has 0 saturated carbocycles. The number of amides is 2. The maximum atomic E-state index is 13.4. The number of azo groups is 1. The van der Waals surface area contributed by atoms with Crippen molar-refractivity contribution in [2.24, 2.45) is 27.8 Å². The Hall–Kier alpha value is -2.87. The van der Waals surface area contributed by atoms with Crippen molar-refractivity contribution in [2.45, 2.75) is 52.0 Å². The first-order valence-electron chi connectivity index (χ1n) is 11.6. The fourth-order valence-electron chi connectivity index (χ4n) is 5.07. The van der Waals surface area contributed by atoms with Crippen LogP contribution in [0.25, 0.3) is 0 Å². The normalized spacial score (nSPS) is 21.6. The highest BCUT2D eigenvalue weighted by atomic mass is 16.2. The molecule has 1 aliphatic carbocycles. The first-order chi connectivity index (χ1) is 15.4. The standard InChI is InChI=1S/C24H31N5O3/c1-3-6-14(4-2)21-20-22(28-27-21)16-7-5-8-17(19(16)23(20)31)26-18(30)13-29-11-9-15(10-12-29)24(25)32/h5,7-8,14-15,22H,3-4,6,9-13H2,1-2H3,(H2,25,32)(H,26,30). The van der Waals surface area contributed by atoms with Crippen LogP contribution in [0.1, 0.15) is 67.9 Å². The number of primary amides is 1. The van der Waals surface area contributed by atoms with Crippen molar-refractivity contribution < 1.29 is 14.4 Å². The van der Waals surface area contributed by atoms with Gasteiger partial charge in [0.05, 0.1) is 29.1 Å². The van der Waals surface area contributed by atoms with Crippen molar-refractivity contribution in [1.29, 1.82) is 0 Å². The van der Waals surface area contributed by atoms with Crippen LogP contribution in [0.2, 0.25) is 0 Å². The fourth-order valence-corrected chi connectivity index (χ4v) is 5.07. The second-order valence-corrected chi connectivity index (χ2v) is 8.91. The summed E-state index contributed by atoms with van der Waals surface area (Å²) in [4.78, 5) is 39.5. The van der Waals surface area contributed by atoms with Crippen molar-refractivity contribution in [3.05, 3.63) is 40.6 Å². The van der Waals surface area contributed by atoms with Gasteiger partial charge in [-0.1, -0.05) is 32.4 Å². The third-order valence-corrected chi connectivity index (χ3v) is 6.84. The molecule has 2 aliphatic heterocycles. The van der Waals surface area contributed by atoms with Gasteiger partial charge in [0.25, 0.3) is 0 Å². The van der Waals surface area contributed by atoms with Gasteiger partial charge in [-0.2, -0.15) is 10.2 Å². The number of nitrogens with zero attached hydrogens (tertiary/aromatic N) is 3. The highest BCUT2D eigenvalue weighted by Gasteiger charge is 2.43. The van der Waals surface area contributed by atoms with Crippen LogP contribution in [-0.4, -0.2) is 42.1 Å². The first-order valence-corrected chi connectivity index (χ1v) is 11.6. The quantitative estimate of drug-likeness (QED) is 0.646. The zero-order valence-electron chi connectivity index (χ0n) is 18.8. The molecule has 2 atom stereocenters. The predicted octanol–water partition coefficient (Wildman–Crippen LogP) is 3.61. The Morgan fingerprint density at radius 1 is 1.25 bits per heavy atom. The van der Waals surface area contributed by atoms with E-state index >= 15 is 0 Å². The maximum absolute atomic E-state index is 13.4. The fraction of sp³-hybridized carbons (Fsp3) is 0.542. The highest BCUT2D eigenvalue weighted by molar-refractivity contribution is 6.19. The van der Waals surface area contributed by atoms with E-state index in [0.717, 1.165) is 30.5 Å². The number of nitrogens with one attached hydrogen (secondary N) is 1. The van der Waals surface area contributed by atoms with Crippen LogP contribution in [0.15, 0.2) is 39.7 Å². The number of hydrogen-bond donors (Lipinski definition) is 2. The van der Waals surface area contributed by atoms with E-state index < -0.39 is 0 Å². The Morgan fingerprint density at radius 2 is 2.00 bits per heavy atom. The van der Waals surface area contributed by atoms with E-state index in [1.54, 1.807) is 6.07 Å². The summed E-state index contributed by atoms with van der Waals surface area (Å²) in [5, 5.41) is 11.8. The molecule has 2 heterocycles. The number of hydrogen-bond acceptors (Lipinski definition) is 6. The summed E-state index contributed by atoms with van der Waals surface area (Å²) in [7, 11) is 0. The summed E-state index contributed by atoms with van der Waals surface area (Å²) in [5.74, 6) is -0.400. The van der Waals surface area contributed by atoms with Gasteiger partial charge in [0, 0.05) is 11.8 Å². The number of nitrogens with two attached hydrogens (primary N) is 1. The molecule has 0 spiro atoms. The lowest BCUT2D eigenvalue weighted by Gasteiger charge is -2.29. The zero-order valence-corrected chi connectivity index (χ0v) is 18.8. The minimum Gasteiger partial charge on any atom is -0.369 e. The monoisotopic (exact) mass is 437 g/mol. The van der Waals surface area contributed by atoms with Gasteiger partial charge < -0.3 is 11.1 Å². The van der Waals surface area contributed by atoms with E-state index in [4.69, 9.17) is 5.73 Å². The summed E-state index contributed by atoms with van der Waals surface area (Å²) in [6.07, 6.45) is 4.25. The van der Waals surface area contributed by atoms with Crippen LogP contribution in [-0.2, 0) is 9.59 Å². The Balaban J connectivity index is 1.50. The van der Waals surface area contributed by atoms with E-state index in [0.29, 0.717) is 42.8 Å². The van der Waals surface area contributed by atoms with Gasteiger partial charge in [-0.3, -0.25) is 19.3 Å². The van der Waals surface area contributed by atoms with Gasteiger partial charge in [-0.25, -0.2) is 0 Å². The number of allylic oxidation sites excluding steroid dienone is 1. The Kier molecular flexibility index (Phi) is 6.50. The van der Waals surface area contributed by atoms with Crippen molar-refractivity contribution in [3.8, 4) is 0 Å². The number of anilines is 1. The Morgan fingerprint density at radius 3 is 2.66 bits per heavy atom. The van der Waals surface area contributed by atoms with Crippen molar-refractivity contribution in [2.75, 3.05) is 25.0 Å². The second-order valence-electron chi connectivity index (χ2n) is 8.91. The van der Waals surface area contributed by atoms with Crippen molar-refractivity contribution >= 4 is 23.3 Å². The number of likely N-dealkylation sites (tertiary alicyclic amines) is 1. The molecular formula is C24H31N5O3. The van der Waals surface area contributed by atoms with Crippen LogP contribution in [0, 0.1) is 11.8 Å². The number of piperidine rings is 1. The summed E-state index contributed by atoms with van der Waals surface area (Å²) in [6, 6.07) is 5.16. The molecule has 0 bridgehead atoms. The number of rotatable bonds is 8. The van der Waals surface area contributed by atoms with Gasteiger partial charge in [-0.15, -0.1) is 0 Å². The molecule has 0 radical (unpaired) electrons. The molecule has 8 nitrogen and oxygen atoms in total. The lowest BCUT2D eigenvalue weighted by molar-refractivity contribution is -0.123. The van der Waals surface area contributed by atoms with Crippen molar-refractivity contribution in [1.82, 2.24) is 4.90 Å². The van der Waals surface area contributed by atoms with Gasteiger partial charge in [0.1, 0.15) is 6.04 Å². The second kappa shape index (κ2) is 9.32. The molecule has 2 unspecified atom stereocenters. The van der Waals surface area contributed by atoms with Crippen LogP contribution < -0.4 is 11.1 Å². The van der Waals surface area contributed by atoms with Crippen LogP contribution in [0.5, 0.6) is 0 Å². The molecule has 1 aromatic rings. The molecular weight excluding hydrogens is 406 g/mol. The molecule has 8 heteroatoms. The van der Waals surface area contributed by atoms with E-state index in [1.807, 2.05) is 17.0 Å². The summed E-state index contributed by atoms with van der Waals surface area (Å²) in [6.45, 7) is 5.77. The predicted molar refractivity (Wildman–Crippen MR) is 121 cm³/mol. The molecule has 0 aromatic heterocycles. The Bertz CT molecular complexity index is 991. The number of benzene rings is 1. The van der Waals surface area contributed by atoms with E-state index in [1.165, 1.54) is 0 Å².